The van der Waals surface area contributed by atoms with Crippen LogP contribution in [0.4, 0.5) is 5.82 Å². The molecular formula is C18H20N6O5S2. The number of hydrogen-bond acceptors (Lipinski definition) is 9. The largest absolute Gasteiger partial charge is 0.353 e. The van der Waals surface area contributed by atoms with Crippen LogP contribution in [0.25, 0.3) is 11.0 Å². The fourth-order valence-electron chi connectivity index (χ4n) is 4.29. The second-order valence-corrected chi connectivity index (χ2v) is 10.8. The molecule has 2 aromatic heterocycles. The van der Waals surface area contributed by atoms with E-state index in [9.17, 15) is 22.8 Å². The number of fused-ring (bicyclic) bond motifs is 1. The molecule has 1 spiro atoms. The van der Waals surface area contributed by atoms with Crippen LogP contribution in [0.5, 0.6) is 0 Å². The van der Waals surface area contributed by atoms with E-state index in [1.54, 1.807) is 6.20 Å². The Hall–Kier alpha value is -2.51. The van der Waals surface area contributed by atoms with Crippen LogP contribution in [0.1, 0.15) is 12.8 Å². The number of amides is 1. The van der Waals surface area contributed by atoms with E-state index in [1.165, 1.54) is 10.6 Å². The molecule has 1 amide bonds. The summed E-state index contributed by atoms with van der Waals surface area (Å²) in [5, 5.41) is 0.264. The van der Waals surface area contributed by atoms with E-state index < -0.39 is 38.5 Å². The molecule has 1 aliphatic carbocycles. The topological polar surface area (TPSA) is 137 Å². The molecule has 2 aromatic rings. The highest BCUT2D eigenvalue weighted by molar-refractivity contribution is 8.15. The number of ketones is 1. The van der Waals surface area contributed by atoms with Gasteiger partial charge in [-0.25, -0.2) is 14.3 Å². The second kappa shape index (κ2) is 7.00. The SMILES string of the molecule is CN(C(=O)C1C(=O)CSC1=O)S(=O)(=O)N1CCN(c2ncnc3[nH]ccc23)CC12CC2. The van der Waals surface area contributed by atoms with Gasteiger partial charge in [-0.05, 0) is 18.9 Å². The molecule has 4 heterocycles. The molecule has 2 saturated heterocycles. The molecule has 13 heteroatoms. The zero-order valence-electron chi connectivity index (χ0n) is 16.6. The van der Waals surface area contributed by atoms with Crippen LogP contribution in [-0.2, 0) is 24.6 Å². The molecule has 31 heavy (non-hydrogen) atoms. The zero-order chi connectivity index (χ0) is 22.0. The van der Waals surface area contributed by atoms with Gasteiger partial charge in [0.05, 0.1) is 16.7 Å². The first-order valence-corrected chi connectivity index (χ1v) is 12.2. The molecule has 0 aromatic carbocycles. The minimum absolute atomic E-state index is 0.0989. The average Bonchev–Trinajstić information content (AvgIpc) is 3.18. The smallest absolute Gasteiger partial charge is 0.306 e. The van der Waals surface area contributed by atoms with Gasteiger partial charge in [-0.3, -0.25) is 14.4 Å². The van der Waals surface area contributed by atoms with Gasteiger partial charge in [0.15, 0.2) is 11.7 Å². The summed E-state index contributed by atoms with van der Waals surface area (Å²) in [6.07, 6.45) is 4.56. The zero-order valence-corrected chi connectivity index (χ0v) is 18.3. The fraction of sp³-hybridized carbons (Fsp3) is 0.500. The number of thioether (sulfide) groups is 1. The maximum atomic E-state index is 13.3. The minimum atomic E-state index is -4.19. The van der Waals surface area contributed by atoms with Crippen molar-refractivity contribution < 1.29 is 22.8 Å². The predicted octanol–water partition coefficient (Wildman–Crippen LogP) is -0.226. The molecule has 0 bridgehead atoms. The van der Waals surface area contributed by atoms with Crippen LogP contribution in [0.15, 0.2) is 18.6 Å². The Labute approximate surface area is 182 Å². The Bertz CT molecular complexity index is 1190. The average molecular weight is 465 g/mol. The highest BCUT2D eigenvalue weighted by Crippen LogP contribution is 2.47. The van der Waals surface area contributed by atoms with Gasteiger partial charge in [0, 0.05) is 32.9 Å². The molecule has 11 nitrogen and oxygen atoms in total. The van der Waals surface area contributed by atoms with E-state index in [2.05, 4.69) is 15.0 Å². The molecule has 0 radical (unpaired) electrons. The minimum Gasteiger partial charge on any atom is -0.353 e. The lowest BCUT2D eigenvalue weighted by Crippen LogP contribution is -2.61. The van der Waals surface area contributed by atoms with Crippen LogP contribution < -0.4 is 4.90 Å². The van der Waals surface area contributed by atoms with Gasteiger partial charge in [-0.2, -0.15) is 12.7 Å². The third-order valence-electron chi connectivity index (χ3n) is 6.14. The number of hydrogen-bond donors (Lipinski definition) is 1. The number of carbonyl (C=O) groups is 3. The van der Waals surface area contributed by atoms with Gasteiger partial charge in [0.25, 0.3) is 5.91 Å². The van der Waals surface area contributed by atoms with E-state index >= 15 is 0 Å². The van der Waals surface area contributed by atoms with Crippen molar-refractivity contribution in [3.63, 3.8) is 0 Å². The summed E-state index contributed by atoms with van der Waals surface area (Å²) in [4.78, 5) is 50.3. The number of nitrogens with one attached hydrogen (secondary N) is 1. The normalized spacial score (nSPS) is 23.6. The third-order valence-corrected chi connectivity index (χ3v) is 9.09. The highest BCUT2D eigenvalue weighted by Gasteiger charge is 2.58. The predicted molar refractivity (Wildman–Crippen MR) is 112 cm³/mol. The highest BCUT2D eigenvalue weighted by atomic mass is 32.2. The van der Waals surface area contributed by atoms with Crippen LogP contribution in [0.2, 0.25) is 0 Å². The molecule has 3 fully saturated rings. The monoisotopic (exact) mass is 464 g/mol. The molecule has 2 aliphatic heterocycles. The Morgan fingerprint density at radius 1 is 1.29 bits per heavy atom. The summed E-state index contributed by atoms with van der Waals surface area (Å²) >= 11 is 0.751. The first-order chi connectivity index (χ1) is 14.7. The molecule has 164 valence electrons. The van der Waals surface area contributed by atoms with Gasteiger partial charge in [0.1, 0.15) is 17.8 Å². The van der Waals surface area contributed by atoms with Crippen LogP contribution >= 0.6 is 11.8 Å². The van der Waals surface area contributed by atoms with Crippen molar-refractivity contribution >= 4 is 55.6 Å². The van der Waals surface area contributed by atoms with Gasteiger partial charge in [-0.1, -0.05) is 11.8 Å². The number of aromatic amines is 1. The number of piperazine rings is 1. The summed E-state index contributed by atoms with van der Waals surface area (Å²) in [5.74, 6) is -2.43. The molecular weight excluding hydrogens is 444 g/mol. The maximum absolute atomic E-state index is 13.3. The lowest BCUT2D eigenvalue weighted by atomic mass is 10.1. The van der Waals surface area contributed by atoms with E-state index in [0.717, 1.165) is 30.0 Å². The van der Waals surface area contributed by atoms with Crippen molar-refractivity contribution in [3.05, 3.63) is 18.6 Å². The molecule has 3 aliphatic rings. The summed E-state index contributed by atoms with van der Waals surface area (Å²) in [5.41, 5.74) is 0.0662. The number of aromatic nitrogens is 3. The van der Waals surface area contributed by atoms with Crippen molar-refractivity contribution in [2.24, 2.45) is 5.92 Å². The lowest BCUT2D eigenvalue weighted by Gasteiger charge is -2.43. The quantitative estimate of drug-likeness (QED) is 0.609. The Balaban J connectivity index is 1.39. The number of H-pyrrole nitrogens is 1. The fourth-order valence-corrected chi connectivity index (χ4v) is 6.81. The maximum Gasteiger partial charge on any atom is 0.306 e. The molecule has 1 saturated carbocycles. The van der Waals surface area contributed by atoms with Crippen LogP contribution in [-0.4, -0.2) is 86.8 Å². The third kappa shape index (κ3) is 3.13. The number of Topliss-reactive ketones (excluding diaryl/α,β-unsaturated/α-hetero) is 1. The van der Waals surface area contributed by atoms with Gasteiger partial charge < -0.3 is 9.88 Å². The number of carbonyl (C=O) groups excluding carboxylic acids is 3. The van der Waals surface area contributed by atoms with E-state index in [0.29, 0.717) is 35.9 Å². The van der Waals surface area contributed by atoms with Crippen molar-refractivity contribution in [3.8, 4) is 0 Å². The van der Waals surface area contributed by atoms with Crippen LogP contribution in [0.3, 0.4) is 0 Å². The number of anilines is 1. The Morgan fingerprint density at radius 3 is 2.74 bits per heavy atom. The number of nitrogens with zero attached hydrogens (tertiary/aromatic N) is 5. The summed E-state index contributed by atoms with van der Waals surface area (Å²) in [6.45, 7) is 0.983. The summed E-state index contributed by atoms with van der Waals surface area (Å²) < 4.78 is 28.6. The van der Waals surface area contributed by atoms with Gasteiger partial charge in [-0.15, -0.1) is 0 Å². The van der Waals surface area contributed by atoms with E-state index in [-0.39, 0.29) is 12.3 Å². The van der Waals surface area contributed by atoms with Gasteiger partial charge >= 0.3 is 10.2 Å². The molecule has 1 atom stereocenters. The van der Waals surface area contributed by atoms with E-state index in [4.69, 9.17) is 0 Å². The Morgan fingerprint density at radius 2 is 2.06 bits per heavy atom. The van der Waals surface area contributed by atoms with Crippen molar-refractivity contribution in [1.82, 2.24) is 23.6 Å². The Kier molecular flexibility index (Phi) is 4.61. The summed E-state index contributed by atoms with van der Waals surface area (Å²) in [6, 6.07) is 1.88. The number of rotatable bonds is 4. The molecule has 1 unspecified atom stereocenters. The second-order valence-electron chi connectivity index (χ2n) is 7.98. The molecule has 1 N–H and O–H groups in total. The van der Waals surface area contributed by atoms with Crippen LogP contribution in [0, 0.1) is 5.92 Å². The van der Waals surface area contributed by atoms with Crippen molar-refractivity contribution in [1.29, 1.82) is 0 Å². The first kappa shape index (κ1) is 20.4. The summed E-state index contributed by atoms with van der Waals surface area (Å²) in [7, 11) is -3.07. The van der Waals surface area contributed by atoms with E-state index in [1.807, 2.05) is 11.0 Å². The first-order valence-electron chi connectivity index (χ1n) is 9.77. The standard InChI is InChI=1S/C18H20N6O5S2/c1-22(16(26)13-12(25)8-30-17(13)27)31(28,29)24-7-6-23(9-18(24)3-4-18)15-11-2-5-19-14(11)20-10-21-15/h2,5,10,13H,3-4,6-9H2,1H3,(H,19,20,21). The van der Waals surface area contributed by atoms with Gasteiger partial charge in [0.2, 0.25) is 5.12 Å². The molecule has 5 rings (SSSR count). The van der Waals surface area contributed by atoms with Crippen molar-refractivity contribution in [2.45, 2.75) is 18.4 Å². The lowest BCUT2D eigenvalue weighted by molar-refractivity contribution is -0.138. The van der Waals surface area contributed by atoms with Crippen molar-refractivity contribution in [2.75, 3.05) is 37.3 Å².